The van der Waals surface area contributed by atoms with Crippen molar-refractivity contribution in [2.75, 3.05) is 59.7 Å². The van der Waals surface area contributed by atoms with Gasteiger partial charge in [0.1, 0.15) is 6.10 Å². The number of Topliss-reactive ketones (excluding diaryl/α,β-unsaturated/α-hetero) is 2. The van der Waals surface area contributed by atoms with Gasteiger partial charge in [0.25, 0.3) is 0 Å². The second-order valence-corrected chi connectivity index (χ2v) is 17.3. The lowest BCUT2D eigenvalue weighted by atomic mass is 9.71. The molecule has 332 valence electrons. The SMILES string of the molecule is COC1CC(C)(C)C(/C=C/C(C)=C/C=C/C(C)=C/C=C/C=C(C)/C=C/C=C(C)/C=C/C2=C(C)C(=O)C(OC(=O)N3CCOCC3)CC2(C)C)=C(C)C1=O.O=CN1CCOCC1. The molecule has 2 aliphatic carbocycles. The minimum Gasteiger partial charge on any atom is -0.438 e. The molecule has 0 aromatic carbocycles. The molecule has 2 heterocycles. The standard InChI is InChI=1S/C46H61NO6.C5H9NO2/c1-32(18-14-20-34(3)22-24-38-36(5)42(48)40(51-11)30-45(38,7)8)16-12-13-17-33(2)19-15-21-35(4)23-25-39-37(6)43(49)41(31-46(39,9)10)53-44(50)47-26-28-52-29-27-47;7-5-6-1-3-8-4-2-6/h12-25,40-41H,26-31H2,1-11H3;5H,1-4H2/b13-12+,18-14+,19-15+,24-22+,25-23+,32-16+,33-17+,34-20+,35-21+;. The van der Waals surface area contributed by atoms with E-state index in [-0.39, 0.29) is 28.5 Å². The number of carbonyl (C=O) groups excluding carboxylic acids is 4. The zero-order chi connectivity index (χ0) is 45.2. The number of allylic oxidation sites excluding steroid dienone is 20. The highest BCUT2D eigenvalue weighted by atomic mass is 16.6. The van der Waals surface area contributed by atoms with Crippen molar-refractivity contribution in [3.8, 4) is 0 Å². The van der Waals surface area contributed by atoms with Crippen LogP contribution in [0.15, 0.2) is 130 Å². The number of morpholine rings is 2. The van der Waals surface area contributed by atoms with Crippen LogP contribution in [0.2, 0.25) is 0 Å². The van der Waals surface area contributed by atoms with Crippen LogP contribution in [0.3, 0.4) is 0 Å². The van der Waals surface area contributed by atoms with E-state index in [1.807, 2.05) is 63.3 Å². The van der Waals surface area contributed by atoms with E-state index in [4.69, 9.17) is 18.9 Å². The van der Waals surface area contributed by atoms with E-state index in [0.717, 1.165) is 58.5 Å². The third kappa shape index (κ3) is 16.1. The Morgan fingerprint density at radius 3 is 1.44 bits per heavy atom. The van der Waals surface area contributed by atoms with Gasteiger partial charge in [-0.05, 0) is 81.1 Å². The van der Waals surface area contributed by atoms with Gasteiger partial charge in [0.15, 0.2) is 17.7 Å². The molecule has 10 heteroatoms. The van der Waals surface area contributed by atoms with Crippen LogP contribution in [0, 0.1) is 10.8 Å². The Kier molecular flexibility index (Phi) is 20.3. The Balaban J connectivity index is 0.00000111. The van der Waals surface area contributed by atoms with Crippen molar-refractivity contribution in [1.29, 1.82) is 0 Å². The normalized spacial score (nSPS) is 23.6. The lowest BCUT2D eigenvalue weighted by Crippen LogP contribution is -2.45. The number of hydrogen-bond donors (Lipinski definition) is 0. The fourth-order valence-corrected chi connectivity index (χ4v) is 7.48. The predicted octanol–water partition coefficient (Wildman–Crippen LogP) is 9.51. The maximum Gasteiger partial charge on any atom is 0.410 e. The molecule has 2 saturated heterocycles. The molecular weight excluding hydrogens is 769 g/mol. The van der Waals surface area contributed by atoms with Gasteiger partial charge in [0.05, 0.1) is 26.4 Å². The highest BCUT2D eigenvalue weighted by Gasteiger charge is 2.41. The fourth-order valence-electron chi connectivity index (χ4n) is 7.48. The molecule has 4 rings (SSSR count). The highest BCUT2D eigenvalue weighted by molar-refractivity contribution is 6.02. The van der Waals surface area contributed by atoms with E-state index in [1.54, 1.807) is 16.9 Å². The Morgan fingerprint density at radius 1 is 0.623 bits per heavy atom. The molecule has 61 heavy (non-hydrogen) atoms. The molecule has 0 saturated carbocycles. The maximum absolute atomic E-state index is 13.2. The molecule has 2 unspecified atom stereocenters. The molecule has 0 aromatic rings. The number of methoxy groups -OCH3 is 1. The first-order valence-corrected chi connectivity index (χ1v) is 21.3. The predicted molar refractivity (Wildman–Crippen MR) is 245 cm³/mol. The van der Waals surface area contributed by atoms with E-state index < -0.39 is 12.2 Å². The van der Waals surface area contributed by atoms with Crippen molar-refractivity contribution in [2.45, 2.75) is 94.3 Å². The van der Waals surface area contributed by atoms with Crippen molar-refractivity contribution in [3.05, 3.63) is 130 Å². The van der Waals surface area contributed by atoms with E-state index >= 15 is 0 Å². The summed E-state index contributed by atoms with van der Waals surface area (Å²) in [7, 11) is 1.60. The molecular formula is C51H70N2O8. The molecule has 4 aliphatic rings. The summed E-state index contributed by atoms with van der Waals surface area (Å²) in [6.45, 7) is 25.3. The smallest absolute Gasteiger partial charge is 0.410 e. The van der Waals surface area contributed by atoms with E-state index in [0.29, 0.717) is 57.9 Å². The van der Waals surface area contributed by atoms with Crippen LogP contribution in [0.5, 0.6) is 0 Å². The minimum atomic E-state index is -0.779. The average Bonchev–Trinajstić information content (AvgIpc) is 3.23. The summed E-state index contributed by atoms with van der Waals surface area (Å²) in [6, 6.07) is 0. The van der Waals surface area contributed by atoms with Crippen LogP contribution in [-0.2, 0) is 33.3 Å². The topological polar surface area (TPSA) is 112 Å². The first kappa shape index (κ1) is 50.5. The second kappa shape index (κ2) is 24.5. The Morgan fingerprint density at radius 2 is 1.02 bits per heavy atom. The Labute approximate surface area is 365 Å². The quantitative estimate of drug-likeness (QED) is 0.133. The fraction of sp³-hybridized carbons (Fsp3) is 0.490. The summed E-state index contributed by atoms with van der Waals surface area (Å²) in [5, 5.41) is 0. The second-order valence-electron chi connectivity index (χ2n) is 17.3. The number of rotatable bonds is 13. The Bertz CT molecular complexity index is 1910. The third-order valence-corrected chi connectivity index (χ3v) is 11.3. The van der Waals surface area contributed by atoms with Gasteiger partial charge in [-0.25, -0.2) is 4.79 Å². The van der Waals surface area contributed by atoms with Crippen molar-refractivity contribution in [1.82, 2.24) is 9.80 Å². The van der Waals surface area contributed by atoms with Crippen LogP contribution < -0.4 is 0 Å². The number of carbonyl (C=O) groups is 4. The van der Waals surface area contributed by atoms with E-state index in [1.165, 1.54) is 0 Å². The maximum atomic E-state index is 13.2. The monoisotopic (exact) mass is 839 g/mol. The van der Waals surface area contributed by atoms with Crippen molar-refractivity contribution in [3.63, 3.8) is 0 Å². The van der Waals surface area contributed by atoms with Gasteiger partial charge < -0.3 is 28.7 Å². The summed E-state index contributed by atoms with van der Waals surface area (Å²) in [5.41, 5.74) is 7.40. The van der Waals surface area contributed by atoms with Gasteiger partial charge in [0, 0.05) is 39.7 Å². The molecule has 0 N–H and O–H groups in total. The molecule has 2 amide bonds. The summed E-state index contributed by atoms with van der Waals surface area (Å²) < 4.78 is 21.4. The summed E-state index contributed by atoms with van der Waals surface area (Å²) in [5.74, 6) is -0.0556. The zero-order valence-corrected chi connectivity index (χ0v) is 38.5. The van der Waals surface area contributed by atoms with Crippen LogP contribution in [-0.4, -0.2) is 106 Å². The van der Waals surface area contributed by atoms with E-state index in [9.17, 15) is 19.2 Å². The largest absolute Gasteiger partial charge is 0.438 e. The van der Waals surface area contributed by atoms with E-state index in [2.05, 4.69) is 91.0 Å². The van der Waals surface area contributed by atoms with Crippen molar-refractivity contribution in [2.24, 2.45) is 10.8 Å². The van der Waals surface area contributed by atoms with Crippen LogP contribution in [0.25, 0.3) is 0 Å². The van der Waals surface area contributed by atoms with Gasteiger partial charge in [-0.1, -0.05) is 135 Å². The highest BCUT2D eigenvalue weighted by Crippen LogP contribution is 2.42. The van der Waals surface area contributed by atoms with Crippen molar-refractivity contribution < 1.29 is 38.1 Å². The van der Waals surface area contributed by atoms with Gasteiger partial charge in [-0.15, -0.1) is 0 Å². The average molecular weight is 839 g/mol. The summed E-state index contributed by atoms with van der Waals surface area (Å²) in [6.07, 6.45) is 29.1. The Hall–Kier alpha value is -4.90. The lowest BCUT2D eigenvalue weighted by molar-refractivity contribution is -0.127. The molecule has 0 aromatic heterocycles. The molecule has 2 aliphatic heterocycles. The summed E-state index contributed by atoms with van der Waals surface area (Å²) in [4.78, 5) is 51.8. The number of nitrogens with zero attached hydrogens (tertiary/aromatic N) is 2. The van der Waals surface area contributed by atoms with Crippen LogP contribution in [0.4, 0.5) is 4.79 Å². The number of ketones is 2. The molecule has 0 radical (unpaired) electrons. The summed E-state index contributed by atoms with van der Waals surface area (Å²) >= 11 is 0. The van der Waals surface area contributed by atoms with Gasteiger partial charge >= 0.3 is 6.09 Å². The minimum absolute atomic E-state index is 0.0774. The zero-order valence-electron chi connectivity index (χ0n) is 38.5. The van der Waals surface area contributed by atoms with Crippen LogP contribution >= 0.6 is 0 Å². The van der Waals surface area contributed by atoms with Gasteiger partial charge in [-0.3, -0.25) is 14.4 Å². The molecule has 2 atom stereocenters. The molecule has 0 spiro atoms. The van der Waals surface area contributed by atoms with Crippen LogP contribution in [0.1, 0.15) is 82.1 Å². The van der Waals surface area contributed by atoms with Gasteiger partial charge in [0.2, 0.25) is 6.41 Å². The first-order chi connectivity index (χ1) is 28.9. The van der Waals surface area contributed by atoms with Gasteiger partial charge in [-0.2, -0.15) is 0 Å². The number of hydrogen-bond acceptors (Lipinski definition) is 8. The first-order valence-electron chi connectivity index (χ1n) is 21.3. The number of amides is 2. The molecule has 10 nitrogen and oxygen atoms in total. The van der Waals surface area contributed by atoms with Crippen molar-refractivity contribution >= 4 is 24.1 Å². The molecule has 2 fully saturated rings. The molecule has 0 bridgehead atoms. The number of ether oxygens (including phenoxy) is 4. The third-order valence-electron chi connectivity index (χ3n) is 11.3. The lowest BCUT2D eigenvalue weighted by Gasteiger charge is -2.37.